The number of hydrogen-bond acceptors (Lipinski definition) is 2. The average molecular weight is 342 g/mol. The van der Waals surface area contributed by atoms with Crippen LogP contribution in [0.25, 0.3) is 0 Å². The van der Waals surface area contributed by atoms with Crippen molar-refractivity contribution in [1.82, 2.24) is 0 Å². The Balaban J connectivity index is 2.22. The number of anilines is 1. The van der Waals surface area contributed by atoms with Crippen LogP contribution in [0.5, 0.6) is 0 Å². The molecule has 1 aromatic carbocycles. The van der Waals surface area contributed by atoms with Crippen LogP contribution < -0.4 is 5.09 Å². The molecule has 16 heavy (non-hydrogen) atoms. The van der Waals surface area contributed by atoms with Crippen LogP contribution in [-0.4, -0.2) is 6.21 Å². The first-order chi connectivity index (χ1) is 7.83. The van der Waals surface area contributed by atoms with Crippen molar-refractivity contribution in [2.45, 2.75) is 12.8 Å². The molecule has 4 heteroatoms. The molecule has 0 bridgehead atoms. The summed E-state index contributed by atoms with van der Waals surface area (Å²) < 4.78 is 0. The van der Waals surface area contributed by atoms with Gasteiger partial charge < -0.3 is 10.5 Å². The second-order valence-corrected chi connectivity index (χ2v) is 5.77. The smallest absolute Gasteiger partial charge is 0.0465 e. The van der Waals surface area contributed by atoms with Gasteiger partial charge in [0.1, 0.15) is 0 Å². The van der Waals surface area contributed by atoms with E-state index in [0.29, 0.717) is 12.3 Å². The highest BCUT2D eigenvalue weighted by Crippen LogP contribution is 2.28. The summed E-state index contributed by atoms with van der Waals surface area (Å²) in [6.07, 6.45) is 4.50. The van der Waals surface area contributed by atoms with E-state index in [1.54, 1.807) is 0 Å². The van der Waals surface area contributed by atoms with Crippen molar-refractivity contribution in [1.29, 1.82) is 5.41 Å². The van der Waals surface area contributed by atoms with Crippen molar-refractivity contribution in [2.24, 2.45) is 5.92 Å². The van der Waals surface area contributed by atoms with Gasteiger partial charge in [-0.15, -0.1) is 0 Å². The summed E-state index contributed by atoms with van der Waals surface area (Å²) in [5.74, 6) is 7.02. The van der Waals surface area contributed by atoms with Gasteiger partial charge in [-0.25, -0.2) is 0 Å². The number of benzene rings is 1. The fourth-order valence-corrected chi connectivity index (χ4v) is 2.54. The molecule has 1 fully saturated rings. The maximum Gasteiger partial charge on any atom is 0.0465 e. The van der Waals surface area contributed by atoms with Gasteiger partial charge in [0, 0.05) is 35.3 Å². The first-order valence-electron chi connectivity index (χ1n) is 5.11. The Morgan fingerprint density at radius 1 is 1.50 bits per heavy atom. The second-order valence-electron chi connectivity index (χ2n) is 3.71. The predicted octanol–water partition coefficient (Wildman–Crippen LogP) is 3.80. The summed E-state index contributed by atoms with van der Waals surface area (Å²) in [5, 5.41) is 10.6. The molecule has 0 saturated heterocycles. The van der Waals surface area contributed by atoms with E-state index in [1.807, 2.05) is 18.2 Å². The predicted molar refractivity (Wildman–Crippen MR) is 79.9 cm³/mol. The molecule has 0 spiro atoms. The molecule has 1 saturated carbocycles. The van der Waals surface area contributed by atoms with Gasteiger partial charge in [-0.3, -0.25) is 0 Å². The zero-order valence-corrected chi connectivity index (χ0v) is 11.8. The van der Waals surface area contributed by atoms with E-state index < -0.39 is 0 Å². The molecule has 0 amide bonds. The van der Waals surface area contributed by atoms with Gasteiger partial charge in [0.2, 0.25) is 0 Å². The maximum absolute atomic E-state index is 7.38. The molecule has 2 nitrogen and oxygen atoms in total. The fraction of sp³-hybridized carbons (Fsp3) is 0.250. The van der Waals surface area contributed by atoms with Crippen molar-refractivity contribution >= 4 is 40.3 Å². The molecule has 1 aliphatic rings. The van der Waals surface area contributed by atoms with Crippen molar-refractivity contribution in [3.63, 3.8) is 0 Å². The van der Waals surface area contributed by atoms with Crippen LogP contribution in [-0.2, 0) is 0 Å². The SMILES string of the molecule is N=Cc1cc(C#CC2CC2)ccc1NPI. The van der Waals surface area contributed by atoms with Gasteiger partial charge in [0.05, 0.1) is 0 Å². The van der Waals surface area contributed by atoms with E-state index in [4.69, 9.17) is 5.41 Å². The number of hydrogen-bond donors (Lipinski definition) is 2. The van der Waals surface area contributed by atoms with E-state index in [2.05, 4.69) is 39.0 Å². The minimum atomic E-state index is 0.619. The molecule has 1 aromatic rings. The second kappa shape index (κ2) is 5.65. The molecule has 2 N–H and O–H groups in total. The van der Waals surface area contributed by atoms with Crippen LogP contribution in [0.4, 0.5) is 5.69 Å². The Labute approximate surface area is 110 Å². The van der Waals surface area contributed by atoms with E-state index in [9.17, 15) is 0 Å². The molecule has 1 atom stereocenters. The molecular weight excluding hydrogens is 330 g/mol. The monoisotopic (exact) mass is 342 g/mol. The highest BCUT2D eigenvalue weighted by atomic mass is 127. The fourth-order valence-electron chi connectivity index (χ4n) is 1.34. The highest BCUT2D eigenvalue weighted by molar-refractivity contribution is 14.2. The lowest BCUT2D eigenvalue weighted by Crippen LogP contribution is -1.91. The Bertz CT molecular complexity index is 458. The van der Waals surface area contributed by atoms with Gasteiger partial charge >= 0.3 is 0 Å². The van der Waals surface area contributed by atoms with Crippen molar-refractivity contribution in [3.05, 3.63) is 29.3 Å². The number of nitrogens with one attached hydrogen (secondary N) is 2. The quantitative estimate of drug-likeness (QED) is 0.373. The summed E-state index contributed by atoms with van der Waals surface area (Å²) in [5.41, 5.74) is 2.93. The lowest BCUT2D eigenvalue weighted by molar-refractivity contribution is 1.18. The minimum absolute atomic E-state index is 0.619. The topological polar surface area (TPSA) is 35.9 Å². The molecule has 0 aliphatic heterocycles. The third kappa shape index (κ3) is 3.20. The molecule has 0 aromatic heterocycles. The lowest BCUT2D eigenvalue weighted by atomic mass is 10.1. The first-order valence-corrected chi connectivity index (χ1v) is 9.22. The van der Waals surface area contributed by atoms with Crippen LogP contribution in [0.3, 0.4) is 0 Å². The summed E-state index contributed by atoms with van der Waals surface area (Å²) in [7, 11) is 0. The molecular formula is C12H12IN2P. The van der Waals surface area contributed by atoms with Gasteiger partial charge in [-0.2, -0.15) is 0 Å². The minimum Gasteiger partial charge on any atom is -0.358 e. The third-order valence-corrected chi connectivity index (χ3v) is 3.56. The summed E-state index contributed by atoms with van der Waals surface area (Å²) in [6.45, 7) is 0. The zero-order chi connectivity index (χ0) is 11.4. The normalized spacial score (nSPS) is 14.6. The molecule has 2 rings (SSSR count). The van der Waals surface area contributed by atoms with Crippen molar-refractivity contribution in [3.8, 4) is 11.8 Å². The molecule has 0 radical (unpaired) electrons. The van der Waals surface area contributed by atoms with Crippen LogP contribution in [0.2, 0.25) is 0 Å². The zero-order valence-electron chi connectivity index (χ0n) is 8.68. The van der Waals surface area contributed by atoms with Crippen LogP contribution in [0, 0.1) is 23.2 Å². The average Bonchev–Trinajstić information content (AvgIpc) is 3.12. The van der Waals surface area contributed by atoms with Gasteiger partial charge in [0.15, 0.2) is 0 Å². The van der Waals surface area contributed by atoms with Crippen molar-refractivity contribution < 1.29 is 0 Å². The first kappa shape index (κ1) is 11.9. The Hall–Kier alpha value is -0.590. The number of rotatable bonds is 3. The summed E-state index contributed by atoms with van der Waals surface area (Å²) in [6, 6.07) is 5.99. The van der Waals surface area contributed by atoms with Gasteiger partial charge in [0.25, 0.3) is 0 Å². The number of halogens is 1. The Kier molecular flexibility index (Phi) is 4.20. The Morgan fingerprint density at radius 2 is 2.31 bits per heavy atom. The molecule has 0 heterocycles. The largest absolute Gasteiger partial charge is 0.358 e. The lowest BCUT2D eigenvalue weighted by Gasteiger charge is -2.06. The van der Waals surface area contributed by atoms with Crippen LogP contribution >= 0.6 is 28.4 Å². The molecule has 1 aliphatic carbocycles. The summed E-state index contributed by atoms with van der Waals surface area (Å²) in [4.78, 5) is 0. The third-order valence-electron chi connectivity index (χ3n) is 2.39. The summed E-state index contributed by atoms with van der Waals surface area (Å²) >= 11 is 2.28. The molecule has 1 unspecified atom stereocenters. The van der Waals surface area contributed by atoms with E-state index in [-0.39, 0.29) is 0 Å². The van der Waals surface area contributed by atoms with Gasteiger partial charge in [-0.05, 0) is 53.1 Å². The van der Waals surface area contributed by atoms with Crippen LogP contribution in [0.1, 0.15) is 24.0 Å². The standard InChI is InChI=1S/C12H12IN2P/c13-16-15-12-6-5-10(7-11(12)8-14)4-3-9-1-2-9/h5-9,14-16H,1-2H2. The highest BCUT2D eigenvalue weighted by Gasteiger charge is 2.17. The molecule has 82 valence electrons. The van der Waals surface area contributed by atoms with Gasteiger partial charge in [-0.1, -0.05) is 11.8 Å². The Morgan fingerprint density at radius 3 is 2.94 bits per heavy atom. The van der Waals surface area contributed by atoms with E-state index >= 15 is 0 Å². The van der Waals surface area contributed by atoms with E-state index in [1.165, 1.54) is 19.1 Å². The van der Waals surface area contributed by atoms with E-state index in [0.717, 1.165) is 16.8 Å². The maximum atomic E-state index is 7.38. The van der Waals surface area contributed by atoms with Crippen molar-refractivity contribution in [2.75, 3.05) is 5.09 Å². The van der Waals surface area contributed by atoms with Crippen LogP contribution in [0.15, 0.2) is 18.2 Å².